The molecular formula is C41H26N4. The molecule has 210 valence electrons. The van der Waals surface area contributed by atoms with Crippen LogP contribution in [0.3, 0.4) is 0 Å². The highest BCUT2D eigenvalue weighted by molar-refractivity contribution is 6.13. The lowest BCUT2D eigenvalue weighted by molar-refractivity contribution is 1.07. The number of rotatable bonds is 4. The van der Waals surface area contributed by atoms with E-state index >= 15 is 0 Å². The molecule has 0 bridgehead atoms. The van der Waals surface area contributed by atoms with E-state index in [1.807, 2.05) is 30.3 Å². The standard InChI is InChI=1S/C41H26N4/c1-2-11-28(12-3-1)39-42-40(44-41(43-39)33-19-18-27-10-4-5-13-30(27)24-33)29-20-22-34(23-21-29)45-37-17-9-8-16-35(37)36-25-31-14-6-7-15-32(31)26-38(36)45/h1-26H. The second-order valence-corrected chi connectivity index (χ2v) is 11.4. The maximum Gasteiger partial charge on any atom is 0.164 e. The fourth-order valence-electron chi connectivity index (χ4n) is 6.37. The van der Waals surface area contributed by atoms with E-state index in [4.69, 9.17) is 15.0 Å². The summed E-state index contributed by atoms with van der Waals surface area (Å²) in [5.74, 6) is 1.96. The number of aromatic nitrogens is 4. The van der Waals surface area contributed by atoms with Gasteiger partial charge in [-0.2, -0.15) is 0 Å². The first-order chi connectivity index (χ1) is 22.3. The molecule has 45 heavy (non-hydrogen) atoms. The van der Waals surface area contributed by atoms with Crippen molar-refractivity contribution >= 4 is 43.4 Å². The van der Waals surface area contributed by atoms with Gasteiger partial charge in [-0.05, 0) is 70.1 Å². The number of nitrogens with zero attached hydrogens (tertiary/aromatic N) is 4. The van der Waals surface area contributed by atoms with Crippen LogP contribution >= 0.6 is 0 Å². The number of hydrogen-bond donors (Lipinski definition) is 0. The van der Waals surface area contributed by atoms with Crippen molar-refractivity contribution in [2.24, 2.45) is 0 Å². The molecule has 0 saturated heterocycles. The van der Waals surface area contributed by atoms with Crippen LogP contribution in [-0.2, 0) is 0 Å². The summed E-state index contributed by atoms with van der Waals surface area (Å²) in [6.07, 6.45) is 0. The van der Waals surface area contributed by atoms with E-state index in [2.05, 4.69) is 132 Å². The molecule has 0 spiro atoms. The zero-order valence-corrected chi connectivity index (χ0v) is 24.3. The fourth-order valence-corrected chi connectivity index (χ4v) is 6.37. The molecule has 4 heteroatoms. The van der Waals surface area contributed by atoms with Crippen LogP contribution < -0.4 is 0 Å². The van der Waals surface area contributed by atoms with Gasteiger partial charge in [-0.1, -0.05) is 109 Å². The molecule has 4 nitrogen and oxygen atoms in total. The molecule has 7 aromatic carbocycles. The molecule has 0 N–H and O–H groups in total. The number of hydrogen-bond acceptors (Lipinski definition) is 3. The van der Waals surface area contributed by atoms with Crippen molar-refractivity contribution in [3.8, 4) is 39.9 Å². The van der Waals surface area contributed by atoms with Gasteiger partial charge in [-0.25, -0.2) is 15.0 Å². The second kappa shape index (κ2) is 10.2. The van der Waals surface area contributed by atoms with Crippen LogP contribution in [0.5, 0.6) is 0 Å². The minimum Gasteiger partial charge on any atom is -0.309 e. The second-order valence-electron chi connectivity index (χ2n) is 11.4. The van der Waals surface area contributed by atoms with Crippen molar-refractivity contribution in [1.29, 1.82) is 0 Å². The van der Waals surface area contributed by atoms with Crippen LogP contribution in [0.1, 0.15) is 0 Å². The predicted octanol–water partition coefficient (Wildman–Crippen LogP) is 10.3. The topological polar surface area (TPSA) is 43.6 Å². The summed E-state index contributed by atoms with van der Waals surface area (Å²) in [5.41, 5.74) is 6.31. The van der Waals surface area contributed by atoms with Crippen molar-refractivity contribution in [3.63, 3.8) is 0 Å². The van der Waals surface area contributed by atoms with Crippen LogP contribution in [0, 0.1) is 0 Å². The molecule has 0 unspecified atom stereocenters. The Kier molecular flexibility index (Phi) is 5.78. The Balaban J connectivity index is 1.19. The van der Waals surface area contributed by atoms with Crippen molar-refractivity contribution in [2.45, 2.75) is 0 Å². The molecular weight excluding hydrogens is 548 g/mol. The van der Waals surface area contributed by atoms with Gasteiger partial charge in [0.05, 0.1) is 11.0 Å². The van der Waals surface area contributed by atoms with Gasteiger partial charge in [-0.3, -0.25) is 0 Å². The van der Waals surface area contributed by atoms with Crippen molar-refractivity contribution in [2.75, 3.05) is 0 Å². The third kappa shape index (κ3) is 4.35. The van der Waals surface area contributed by atoms with E-state index in [-0.39, 0.29) is 0 Å². The maximum atomic E-state index is 5.00. The Bertz CT molecular complexity index is 2530. The van der Waals surface area contributed by atoms with Crippen LogP contribution in [0.25, 0.3) is 83.2 Å². The molecule has 0 fully saturated rings. The summed E-state index contributed by atoms with van der Waals surface area (Å²) in [4.78, 5) is 14.9. The summed E-state index contributed by atoms with van der Waals surface area (Å²) in [7, 11) is 0. The molecule has 0 amide bonds. The van der Waals surface area contributed by atoms with E-state index in [1.165, 1.54) is 38.0 Å². The monoisotopic (exact) mass is 574 g/mol. The molecule has 2 heterocycles. The lowest BCUT2D eigenvalue weighted by Gasteiger charge is -2.11. The zero-order chi connectivity index (χ0) is 29.7. The molecule has 0 aliphatic rings. The molecule has 0 aliphatic carbocycles. The number of benzene rings is 7. The summed E-state index contributed by atoms with van der Waals surface area (Å²) in [6, 6.07) is 55.2. The summed E-state index contributed by atoms with van der Waals surface area (Å²) in [6.45, 7) is 0. The Morgan fingerprint density at radius 1 is 0.333 bits per heavy atom. The van der Waals surface area contributed by atoms with Gasteiger partial charge in [0.2, 0.25) is 0 Å². The largest absolute Gasteiger partial charge is 0.309 e. The first kappa shape index (κ1) is 25.4. The highest BCUT2D eigenvalue weighted by Gasteiger charge is 2.15. The van der Waals surface area contributed by atoms with E-state index in [9.17, 15) is 0 Å². The smallest absolute Gasteiger partial charge is 0.164 e. The molecule has 0 radical (unpaired) electrons. The number of para-hydroxylation sites is 1. The summed E-state index contributed by atoms with van der Waals surface area (Å²) >= 11 is 0. The van der Waals surface area contributed by atoms with Gasteiger partial charge in [0.1, 0.15) is 0 Å². The average Bonchev–Trinajstić information content (AvgIpc) is 3.43. The SMILES string of the molecule is c1ccc(-c2nc(-c3ccc(-n4c5ccccc5c5cc6ccccc6cc54)cc3)nc(-c3ccc4ccccc4c3)n2)cc1. The molecule has 2 aromatic heterocycles. The quantitative estimate of drug-likeness (QED) is 0.210. The predicted molar refractivity (Wildman–Crippen MR) is 185 cm³/mol. The van der Waals surface area contributed by atoms with Gasteiger partial charge in [0.15, 0.2) is 17.5 Å². The van der Waals surface area contributed by atoms with Gasteiger partial charge < -0.3 is 4.57 Å². The zero-order valence-electron chi connectivity index (χ0n) is 24.3. The van der Waals surface area contributed by atoms with Crippen LogP contribution in [0.15, 0.2) is 158 Å². The third-order valence-corrected chi connectivity index (χ3v) is 8.60. The molecule has 0 aliphatic heterocycles. The summed E-state index contributed by atoms with van der Waals surface area (Å²) < 4.78 is 2.35. The van der Waals surface area contributed by atoms with E-state index in [0.717, 1.165) is 27.8 Å². The van der Waals surface area contributed by atoms with Gasteiger partial charge in [0.25, 0.3) is 0 Å². The van der Waals surface area contributed by atoms with E-state index < -0.39 is 0 Å². The van der Waals surface area contributed by atoms with Gasteiger partial charge in [0, 0.05) is 33.2 Å². The van der Waals surface area contributed by atoms with Crippen molar-refractivity contribution < 1.29 is 0 Å². The fraction of sp³-hybridized carbons (Fsp3) is 0. The molecule has 9 rings (SSSR count). The minimum atomic E-state index is 0.645. The lowest BCUT2D eigenvalue weighted by Crippen LogP contribution is -2.00. The minimum absolute atomic E-state index is 0.645. The maximum absolute atomic E-state index is 5.00. The van der Waals surface area contributed by atoms with E-state index in [0.29, 0.717) is 17.5 Å². The Labute approximate surface area is 259 Å². The van der Waals surface area contributed by atoms with Gasteiger partial charge >= 0.3 is 0 Å². The summed E-state index contributed by atoms with van der Waals surface area (Å²) in [5, 5.41) is 7.31. The van der Waals surface area contributed by atoms with E-state index in [1.54, 1.807) is 0 Å². The highest BCUT2D eigenvalue weighted by Crippen LogP contribution is 2.35. The Morgan fingerprint density at radius 2 is 0.867 bits per heavy atom. The van der Waals surface area contributed by atoms with Gasteiger partial charge in [-0.15, -0.1) is 0 Å². The van der Waals surface area contributed by atoms with Crippen LogP contribution in [-0.4, -0.2) is 19.5 Å². The average molecular weight is 575 g/mol. The normalized spacial score (nSPS) is 11.6. The first-order valence-corrected chi connectivity index (χ1v) is 15.1. The molecule has 0 atom stereocenters. The lowest BCUT2D eigenvalue weighted by atomic mass is 10.1. The van der Waals surface area contributed by atoms with Crippen molar-refractivity contribution in [1.82, 2.24) is 19.5 Å². The van der Waals surface area contributed by atoms with Crippen LogP contribution in [0.4, 0.5) is 0 Å². The highest BCUT2D eigenvalue weighted by atomic mass is 15.0. The molecule has 0 saturated carbocycles. The van der Waals surface area contributed by atoms with Crippen molar-refractivity contribution in [3.05, 3.63) is 158 Å². The Morgan fingerprint density at radius 3 is 1.60 bits per heavy atom. The third-order valence-electron chi connectivity index (χ3n) is 8.60. The van der Waals surface area contributed by atoms with Crippen LogP contribution in [0.2, 0.25) is 0 Å². The Hall–Kier alpha value is -6.13. The number of fused-ring (bicyclic) bond motifs is 5. The first-order valence-electron chi connectivity index (χ1n) is 15.1. The molecule has 9 aromatic rings.